The summed E-state index contributed by atoms with van der Waals surface area (Å²) in [4.78, 5) is 2.84. The zero-order valence-electron chi connectivity index (χ0n) is 11.3. The summed E-state index contributed by atoms with van der Waals surface area (Å²) in [5.41, 5.74) is 1.02. The molecule has 0 saturated heterocycles. The van der Waals surface area contributed by atoms with Crippen LogP contribution in [0.5, 0.6) is 17.4 Å². The van der Waals surface area contributed by atoms with Crippen molar-refractivity contribution in [3.05, 3.63) is 12.1 Å². The standard InChI is InChI=1S/C13H14N4O3S/c1-2-14-13(21)17-16-11-7-5-9-10(20-4-3-19-9)6-8(7)15-12(11)18/h5-6,15,18H,2-4H2,1H3,(H,14,21). The van der Waals surface area contributed by atoms with E-state index in [2.05, 4.69) is 20.5 Å². The number of azo groups is 1. The molecule has 7 nitrogen and oxygen atoms in total. The number of rotatable bonds is 2. The zero-order valence-corrected chi connectivity index (χ0v) is 12.2. The molecule has 3 rings (SSSR count). The molecule has 0 radical (unpaired) electrons. The lowest BCUT2D eigenvalue weighted by Crippen LogP contribution is -2.17. The van der Waals surface area contributed by atoms with Crippen LogP contribution in [-0.2, 0) is 0 Å². The number of thiocarbonyl (C=S) groups is 1. The monoisotopic (exact) mass is 306 g/mol. The summed E-state index contributed by atoms with van der Waals surface area (Å²) in [7, 11) is 0. The van der Waals surface area contributed by atoms with Crippen LogP contribution in [0.15, 0.2) is 22.4 Å². The van der Waals surface area contributed by atoms with Crippen molar-refractivity contribution in [2.24, 2.45) is 10.2 Å². The normalized spacial score (nSPS) is 13.8. The van der Waals surface area contributed by atoms with Crippen molar-refractivity contribution in [2.75, 3.05) is 19.8 Å². The Morgan fingerprint density at radius 1 is 1.38 bits per heavy atom. The third kappa shape index (κ3) is 2.62. The van der Waals surface area contributed by atoms with Crippen molar-refractivity contribution in [3.8, 4) is 17.4 Å². The molecule has 21 heavy (non-hydrogen) atoms. The largest absolute Gasteiger partial charge is 0.493 e. The van der Waals surface area contributed by atoms with Gasteiger partial charge in [-0.05, 0) is 25.2 Å². The molecule has 0 saturated carbocycles. The smallest absolute Gasteiger partial charge is 0.218 e. The molecule has 1 aliphatic heterocycles. The number of fused-ring (bicyclic) bond motifs is 2. The molecule has 0 bridgehead atoms. The molecule has 2 aromatic rings. The number of aromatic amines is 1. The van der Waals surface area contributed by atoms with Gasteiger partial charge in [0.1, 0.15) is 13.2 Å². The Balaban J connectivity index is 2.02. The van der Waals surface area contributed by atoms with Gasteiger partial charge < -0.3 is 24.9 Å². The number of nitrogens with zero attached hydrogens (tertiary/aromatic N) is 2. The maximum atomic E-state index is 9.97. The van der Waals surface area contributed by atoms with Gasteiger partial charge in [-0.15, -0.1) is 10.2 Å². The van der Waals surface area contributed by atoms with Crippen LogP contribution in [0.4, 0.5) is 5.69 Å². The van der Waals surface area contributed by atoms with E-state index in [9.17, 15) is 5.11 Å². The minimum absolute atomic E-state index is 0.0737. The van der Waals surface area contributed by atoms with Crippen LogP contribution in [0.25, 0.3) is 10.9 Å². The molecule has 1 aliphatic rings. The first-order valence-corrected chi connectivity index (χ1v) is 6.93. The Morgan fingerprint density at radius 2 is 2.10 bits per heavy atom. The highest BCUT2D eigenvalue weighted by molar-refractivity contribution is 7.80. The molecule has 110 valence electrons. The molecule has 0 aliphatic carbocycles. The van der Waals surface area contributed by atoms with Gasteiger partial charge in [-0.1, -0.05) is 0 Å². The maximum Gasteiger partial charge on any atom is 0.218 e. The van der Waals surface area contributed by atoms with E-state index in [4.69, 9.17) is 21.7 Å². The van der Waals surface area contributed by atoms with E-state index in [1.165, 1.54) is 0 Å². The summed E-state index contributed by atoms with van der Waals surface area (Å²) in [6, 6.07) is 3.54. The van der Waals surface area contributed by atoms with Crippen molar-refractivity contribution in [3.63, 3.8) is 0 Å². The first-order valence-electron chi connectivity index (χ1n) is 6.53. The van der Waals surface area contributed by atoms with Crippen molar-refractivity contribution in [2.45, 2.75) is 6.92 Å². The third-order valence-electron chi connectivity index (χ3n) is 2.98. The number of hydrogen-bond donors (Lipinski definition) is 3. The van der Waals surface area contributed by atoms with E-state index in [-0.39, 0.29) is 11.0 Å². The molecule has 1 aromatic carbocycles. The van der Waals surface area contributed by atoms with E-state index in [1.807, 2.05) is 6.92 Å². The van der Waals surface area contributed by atoms with Gasteiger partial charge >= 0.3 is 0 Å². The van der Waals surface area contributed by atoms with Crippen molar-refractivity contribution in [1.82, 2.24) is 10.3 Å². The summed E-state index contributed by atoms with van der Waals surface area (Å²) in [5, 5.41) is 21.7. The number of H-pyrrole nitrogens is 1. The van der Waals surface area contributed by atoms with Gasteiger partial charge in [0.25, 0.3) is 0 Å². The fraction of sp³-hybridized carbons (Fsp3) is 0.308. The predicted molar refractivity (Wildman–Crippen MR) is 81.7 cm³/mol. The summed E-state index contributed by atoms with van der Waals surface area (Å²) in [5.74, 6) is 1.19. The summed E-state index contributed by atoms with van der Waals surface area (Å²) < 4.78 is 11.0. The van der Waals surface area contributed by atoms with Crippen LogP contribution in [0, 0.1) is 0 Å². The van der Waals surface area contributed by atoms with Gasteiger partial charge in [-0.2, -0.15) is 0 Å². The average Bonchev–Trinajstić information content (AvgIpc) is 2.77. The van der Waals surface area contributed by atoms with E-state index < -0.39 is 0 Å². The lowest BCUT2D eigenvalue weighted by Gasteiger charge is -2.18. The van der Waals surface area contributed by atoms with Crippen LogP contribution in [-0.4, -0.2) is 35.0 Å². The highest BCUT2D eigenvalue weighted by Gasteiger charge is 2.18. The van der Waals surface area contributed by atoms with Crippen LogP contribution in [0.1, 0.15) is 6.92 Å². The fourth-order valence-electron chi connectivity index (χ4n) is 2.09. The molecule has 0 amide bonds. The molecule has 2 heterocycles. The number of nitrogens with one attached hydrogen (secondary N) is 2. The second kappa shape index (κ2) is 5.57. The van der Waals surface area contributed by atoms with Gasteiger partial charge in [0.2, 0.25) is 11.0 Å². The topological polar surface area (TPSA) is 91.2 Å². The average molecular weight is 306 g/mol. The van der Waals surface area contributed by atoms with Gasteiger partial charge in [0, 0.05) is 18.0 Å². The number of benzene rings is 1. The van der Waals surface area contributed by atoms with Crippen LogP contribution < -0.4 is 14.8 Å². The highest BCUT2D eigenvalue weighted by Crippen LogP contribution is 2.42. The van der Waals surface area contributed by atoms with Gasteiger partial charge in [-0.3, -0.25) is 0 Å². The molecule has 0 fully saturated rings. The molecular weight excluding hydrogens is 292 g/mol. The summed E-state index contributed by atoms with van der Waals surface area (Å²) in [6.45, 7) is 3.58. The molecule has 0 unspecified atom stereocenters. The Kier molecular flexibility index (Phi) is 3.61. The van der Waals surface area contributed by atoms with Crippen molar-refractivity contribution in [1.29, 1.82) is 0 Å². The number of hydrogen-bond acceptors (Lipinski definition) is 5. The minimum Gasteiger partial charge on any atom is -0.493 e. The van der Waals surface area contributed by atoms with Gasteiger partial charge in [0.05, 0.1) is 5.52 Å². The molecule has 1 aromatic heterocycles. The van der Waals surface area contributed by atoms with E-state index in [0.717, 1.165) is 0 Å². The second-order valence-corrected chi connectivity index (χ2v) is 4.79. The van der Waals surface area contributed by atoms with Crippen molar-refractivity contribution < 1.29 is 14.6 Å². The Labute approximate surface area is 126 Å². The van der Waals surface area contributed by atoms with Gasteiger partial charge in [-0.25, -0.2) is 0 Å². The predicted octanol–water partition coefficient (Wildman–Crippen LogP) is 2.62. The van der Waals surface area contributed by atoms with E-state index in [0.29, 0.717) is 47.8 Å². The quantitative estimate of drug-likeness (QED) is 0.586. The fourth-order valence-corrected chi connectivity index (χ4v) is 2.27. The lowest BCUT2D eigenvalue weighted by molar-refractivity contribution is 0.172. The second-order valence-electron chi connectivity index (χ2n) is 4.40. The molecular formula is C13H14N4O3S. The number of ether oxygens (including phenoxy) is 2. The molecule has 0 spiro atoms. The SMILES string of the molecule is CCNC(=S)N=Nc1c(O)[nH]c2cc3c(cc12)OCCO3. The van der Waals surface area contributed by atoms with Crippen molar-refractivity contribution >= 4 is 33.9 Å². The summed E-state index contributed by atoms with van der Waals surface area (Å²) in [6.07, 6.45) is 0. The third-order valence-corrected chi connectivity index (χ3v) is 3.21. The van der Waals surface area contributed by atoms with Crippen LogP contribution in [0.3, 0.4) is 0 Å². The Morgan fingerprint density at radius 3 is 2.81 bits per heavy atom. The molecule has 8 heteroatoms. The summed E-state index contributed by atoms with van der Waals surface area (Å²) >= 11 is 4.98. The van der Waals surface area contributed by atoms with E-state index in [1.54, 1.807) is 12.1 Å². The molecule has 3 N–H and O–H groups in total. The number of aromatic hydroxyl groups is 1. The first kappa shape index (κ1) is 13.6. The highest BCUT2D eigenvalue weighted by atomic mass is 32.1. The van der Waals surface area contributed by atoms with Crippen LogP contribution >= 0.6 is 12.2 Å². The first-order chi connectivity index (χ1) is 10.2. The minimum atomic E-state index is -0.0737. The van der Waals surface area contributed by atoms with Crippen LogP contribution in [0.2, 0.25) is 0 Å². The van der Waals surface area contributed by atoms with E-state index >= 15 is 0 Å². The lowest BCUT2D eigenvalue weighted by atomic mass is 10.2. The Hall–Kier alpha value is -2.35. The molecule has 0 atom stereocenters. The maximum absolute atomic E-state index is 9.97. The van der Waals surface area contributed by atoms with Gasteiger partial charge in [0.15, 0.2) is 17.2 Å². The number of aromatic nitrogens is 1. The Bertz CT molecular complexity index is 726. The zero-order chi connectivity index (χ0) is 14.8.